The average molecular weight is 941 g/mol. The van der Waals surface area contributed by atoms with E-state index in [1.54, 1.807) is 0 Å². The van der Waals surface area contributed by atoms with Gasteiger partial charge in [0.05, 0.1) is 11.4 Å². The highest BCUT2D eigenvalue weighted by molar-refractivity contribution is 7.33. The van der Waals surface area contributed by atoms with Crippen molar-refractivity contribution in [2.45, 2.75) is 52.4 Å². The largest absolute Gasteiger partial charge is 0.311 e. The molecular formula is C68H53BN2S. The third-order valence-electron chi connectivity index (χ3n) is 15.7. The van der Waals surface area contributed by atoms with Gasteiger partial charge in [-0.05, 0) is 148 Å². The third kappa shape index (κ3) is 6.55. The molecule has 72 heavy (non-hydrogen) atoms. The Morgan fingerprint density at radius 2 is 0.986 bits per heavy atom. The molecule has 14 rings (SSSR count). The Kier molecular flexibility index (Phi) is 9.41. The summed E-state index contributed by atoms with van der Waals surface area (Å²) in [6.07, 6.45) is 0. The van der Waals surface area contributed by atoms with Gasteiger partial charge in [-0.1, -0.05) is 199 Å². The summed E-state index contributed by atoms with van der Waals surface area (Å²) in [6.45, 7) is 13.9. The molecule has 0 amide bonds. The number of rotatable bonds is 5. The predicted molar refractivity (Wildman–Crippen MR) is 313 cm³/mol. The minimum atomic E-state index is -0.0772. The van der Waals surface area contributed by atoms with Crippen molar-refractivity contribution in [1.82, 2.24) is 0 Å². The normalized spacial score (nSPS) is 13.3. The van der Waals surface area contributed by atoms with Crippen molar-refractivity contribution in [2.24, 2.45) is 0 Å². The Bertz CT molecular complexity index is 4100. The Morgan fingerprint density at radius 1 is 0.389 bits per heavy atom. The number of hydrogen-bond donors (Lipinski definition) is 0. The van der Waals surface area contributed by atoms with Gasteiger partial charge in [0.1, 0.15) is 0 Å². The number of benzene rings is 11. The van der Waals surface area contributed by atoms with E-state index >= 15 is 0 Å². The molecule has 4 heteroatoms. The van der Waals surface area contributed by atoms with Crippen molar-refractivity contribution in [3.8, 4) is 33.4 Å². The predicted octanol–water partition coefficient (Wildman–Crippen LogP) is 17.5. The summed E-state index contributed by atoms with van der Waals surface area (Å²) < 4.78 is 2.66. The van der Waals surface area contributed by atoms with E-state index in [0.29, 0.717) is 0 Å². The van der Waals surface area contributed by atoms with Gasteiger partial charge in [-0.15, -0.1) is 11.3 Å². The van der Waals surface area contributed by atoms with Crippen LogP contribution in [-0.2, 0) is 10.8 Å². The van der Waals surface area contributed by atoms with Crippen molar-refractivity contribution in [2.75, 3.05) is 9.80 Å². The molecular weight excluding hydrogens is 888 g/mol. The molecule has 12 aromatic rings. The first kappa shape index (κ1) is 42.9. The minimum Gasteiger partial charge on any atom is -0.311 e. The van der Waals surface area contributed by atoms with Gasteiger partial charge in [-0.25, -0.2) is 0 Å². The Labute approximate surface area is 426 Å². The van der Waals surface area contributed by atoms with E-state index in [0.717, 1.165) is 5.69 Å². The molecule has 344 valence electrons. The summed E-state index contributed by atoms with van der Waals surface area (Å²) in [5.74, 6) is 0. The van der Waals surface area contributed by atoms with E-state index in [4.69, 9.17) is 0 Å². The van der Waals surface area contributed by atoms with E-state index in [1.807, 2.05) is 11.3 Å². The molecule has 2 aliphatic heterocycles. The maximum absolute atomic E-state index is 2.67. The van der Waals surface area contributed by atoms with E-state index in [1.165, 1.54) is 131 Å². The van der Waals surface area contributed by atoms with Crippen LogP contribution in [0.15, 0.2) is 212 Å². The third-order valence-corrected chi connectivity index (χ3v) is 16.9. The molecule has 0 unspecified atom stereocenters. The van der Waals surface area contributed by atoms with Crippen molar-refractivity contribution in [3.63, 3.8) is 0 Å². The van der Waals surface area contributed by atoms with Crippen LogP contribution < -0.4 is 25.5 Å². The Hall–Kier alpha value is -7.92. The van der Waals surface area contributed by atoms with Crippen molar-refractivity contribution in [1.29, 1.82) is 0 Å². The second-order valence-electron chi connectivity index (χ2n) is 22.1. The summed E-state index contributed by atoms with van der Waals surface area (Å²) in [6, 6.07) is 80.7. The monoisotopic (exact) mass is 940 g/mol. The topological polar surface area (TPSA) is 6.48 Å². The van der Waals surface area contributed by atoms with Crippen LogP contribution in [0.25, 0.3) is 75.8 Å². The smallest absolute Gasteiger partial charge is 0.264 e. The molecule has 0 atom stereocenters. The fraction of sp³-hybridized carbons (Fsp3) is 0.118. The standard InChI is InChI=1S/C68H53BN2S/c1-67(2,3)49-29-32-51(33-30-49)70-58-21-14-22-59-64(58)69(56-36-27-48(40-60(56)70)43-17-11-8-12-18-43)66-65(55-39-47(28-38-61(55)72-66)42-15-9-7-10-16-42)71(59)57-37-31-50(68(4,5)6)41-54(57)52-34-25-46-24-23-44-19-13-20-45-26-35-53(52)63(46)62(44)45/h7-41H,1-6H3. The first-order valence-corrected chi connectivity index (χ1v) is 26.3. The summed E-state index contributed by atoms with van der Waals surface area (Å²) >= 11 is 1.96. The average Bonchev–Trinajstić information content (AvgIpc) is 3.78. The molecule has 2 nitrogen and oxygen atoms in total. The van der Waals surface area contributed by atoms with Crippen LogP contribution in [0.3, 0.4) is 0 Å². The fourth-order valence-corrected chi connectivity index (χ4v) is 13.4. The molecule has 11 aromatic carbocycles. The van der Waals surface area contributed by atoms with Gasteiger partial charge in [0, 0.05) is 43.2 Å². The number of anilines is 6. The van der Waals surface area contributed by atoms with Crippen molar-refractivity contribution >= 4 is 110 Å². The van der Waals surface area contributed by atoms with Gasteiger partial charge in [-0.3, -0.25) is 0 Å². The molecule has 0 saturated heterocycles. The van der Waals surface area contributed by atoms with E-state index in [9.17, 15) is 0 Å². The number of thiophene rings is 1. The highest BCUT2D eigenvalue weighted by atomic mass is 32.1. The van der Waals surface area contributed by atoms with Gasteiger partial charge in [0.2, 0.25) is 0 Å². The van der Waals surface area contributed by atoms with Crippen LogP contribution >= 0.6 is 11.3 Å². The van der Waals surface area contributed by atoms with Crippen LogP contribution in [0.4, 0.5) is 34.1 Å². The molecule has 0 spiro atoms. The van der Waals surface area contributed by atoms with E-state index in [2.05, 4.69) is 264 Å². The molecule has 0 bridgehead atoms. The lowest BCUT2D eigenvalue weighted by molar-refractivity contribution is 0.590. The van der Waals surface area contributed by atoms with Gasteiger partial charge >= 0.3 is 0 Å². The van der Waals surface area contributed by atoms with Gasteiger partial charge in [0.15, 0.2) is 0 Å². The lowest BCUT2D eigenvalue weighted by Crippen LogP contribution is -2.60. The maximum Gasteiger partial charge on any atom is 0.264 e. The fourth-order valence-electron chi connectivity index (χ4n) is 12.1. The SMILES string of the molecule is CC(C)(C)c1ccc(N2c3cc(-c4ccccc4)ccc3B3c4sc5ccc(-c6ccccc6)cc5c4N(c4ccc(C(C)(C)C)cc4-c4ccc5ccc6cccc7ccc4c5c67)c4cccc2c43)cc1. The van der Waals surface area contributed by atoms with Crippen LogP contribution in [0.5, 0.6) is 0 Å². The number of fused-ring (bicyclic) bond motifs is 6. The van der Waals surface area contributed by atoms with Crippen LogP contribution in [0, 0.1) is 0 Å². The molecule has 2 aliphatic rings. The first-order valence-electron chi connectivity index (χ1n) is 25.4. The highest BCUT2D eigenvalue weighted by Crippen LogP contribution is 2.52. The zero-order chi connectivity index (χ0) is 48.6. The van der Waals surface area contributed by atoms with Gasteiger partial charge in [0.25, 0.3) is 6.71 Å². The molecule has 0 N–H and O–H groups in total. The summed E-state index contributed by atoms with van der Waals surface area (Å²) in [7, 11) is 0. The molecule has 0 radical (unpaired) electrons. The first-order chi connectivity index (χ1) is 35.0. The highest BCUT2D eigenvalue weighted by Gasteiger charge is 2.46. The Morgan fingerprint density at radius 3 is 1.68 bits per heavy atom. The maximum atomic E-state index is 2.67. The van der Waals surface area contributed by atoms with Crippen LogP contribution in [0.2, 0.25) is 0 Å². The molecule has 0 saturated carbocycles. The summed E-state index contributed by atoms with van der Waals surface area (Å²) in [4.78, 5) is 5.22. The number of nitrogens with zero attached hydrogens (tertiary/aromatic N) is 2. The zero-order valence-electron chi connectivity index (χ0n) is 41.6. The van der Waals surface area contributed by atoms with Crippen LogP contribution in [0.1, 0.15) is 52.7 Å². The zero-order valence-corrected chi connectivity index (χ0v) is 42.4. The van der Waals surface area contributed by atoms with E-state index in [-0.39, 0.29) is 17.5 Å². The Balaban J connectivity index is 1.09. The molecule has 0 aliphatic carbocycles. The van der Waals surface area contributed by atoms with Gasteiger partial charge < -0.3 is 9.80 Å². The summed E-state index contributed by atoms with van der Waals surface area (Å²) in [5.41, 5.74) is 19.9. The molecule has 0 fully saturated rings. The molecule has 1 aromatic heterocycles. The quantitative estimate of drug-likeness (QED) is 0.125. The second-order valence-corrected chi connectivity index (χ2v) is 23.2. The van der Waals surface area contributed by atoms with Crippen molar-refractivity contribution < 1.29 is 0 Å². The second kappa shape index (κ2) is 15.8. The lowest BCUT2D eigenvalue weighted by atomic mass is 9.36. The number of hydrogen-bond acceptors (Lipinski definition) is 3. The van der Waals surface area contributed by atoms with E-state index < -0.39 is 0 Å². The van der Waals surface area contributed by atoms with Crippen LogP contribution in [-0.4, -0.2) is 6.71 Å². The molecule has 3 heterocycles. The summed E-state index contributed by atoms with van der Waals surface area (Å²) in [5, 5.41) is 9.06. The lowest BCUT2D eigenvalue weighted by Gasteiger charge is -2.43. The van der Waals surface area contributed by atoms with Gasteiger partial charge in [-0.2, -0.15) is 0 Å². The minimum absolute atomic E-state index is 0.00297. The van der Waals surface area contributed by atoms with Crippen molar-refractivity contribution in [3.05, 3.63) is 223 Å².